The first-order valence-electron chi connectivity index (χ1n) is 3.16. The predicted molar refractivity (Wildman–Crippen MR) is 36.8 cm³/mol. The summed E-state index contributed by atoms with van der Waals surface area (Å²) in [6.45, 7) is 1.74. The van der Waals surface area contributed by atoms with Crippen molar-refractivity contribution in [3.05, 3.63) is 11.6 Å². The highest BCUT2D eigenvalue weighted by Crippen LogP contribution is 2.06. The Labute approximate surface area is 63.7 Å². The quantitative estimate of drug-likeness (QED) is 0.576. The normalized spacial score (nSPS) is 13.0. The van der Waals surface area contributed by atoms with Crippen LogP contribution in [0.1, 0.15) is 17.8 Å². The van der Waals surface area contributed by atoms with Crippen molar-refractivity contribution >= 4 is 6.29 Å². The summed E-state index contributed by atoms with van der Waals surface area (Å²) in [7, 11) is 1.69. The smallest absolute Gasteiger partial charge is 0.169 e. The molecule has 0 aliphatic carbocycles. The highest BCUT2D eigenvalue weighted by Gasteiger charge is 2.13. The first-order valence-corrected chi connectivity index (χ1v) is 3.16. The second-order valence-corrected chi connectivity index (χ2v) is 2.25. The van der Waals surface area contributed by atoms with E-state index in [1.165, 1.54) is 0 Å². The molecule has 1 N–H and O–H groups in total. The Balaban J connectivity index is 3.03. The van der Waals surface area contributed by atoms with Crippen LogP contribution in [0, 0.1) is 6.92 Å². The molecule has 0 spiro atoms. The topological polar surface area (TPSA) is 68.0 Å². The van der Waals surface area contributed by atoms with Gasteiger partial charge in [0, 0.05) is 7.05 Å². The minimum absolute atomic E-state index is 0.275. The Morgan fingerprint density at radius 2 is 2.27 bits per heavy atom. The van der Waals surface area contributed by atoms with Gasteiger partial charge in [0.1, 0.15) is 5.82 Å². The van der Waals surface area contributed by atoms with Crippen molar-refractivity contribution < 1.29 is 9.90 Å². The van der Waals surface area contributed by atoms with Gasteiger partial charge >= 0.3 is 0 Å². The number of aromatic nitrogens is 3. The zero-order valence-corrected chi connectivity index (χ0v) is 6.35. The van der Waals surface area contributed by atoms with Crippen LogP contribution in [0.4, 0.5) is 0 Å². The summed E-state index contributed by atoms with van der Waals surface area (Å²) in [4.78, 5) is 10.1. The van der Waals surface area contributed by atoms with E-state index in [0.717, 1.165) is 0 Å². The van der Waals surface area contributed by atoms with Crippen LogP contribution in [0.25, 0.3) is 0 Å². The average Bonchev–Trinajstić information content (AvgIpc) is 2.32. The summed E-state index contributed by atoms with van der Waals surface area (Å²) in [6.07, 6.45) is -0.745. The number of nitrogens with zero attached hydrogens (tertiary/aromatic N) is 3. The van der Waals surface area contributed by atoms with Crippen molar-refractivity contribution in [3.63, 3.8) is 0 Å². The van der Waals surface area contributed by atoms with Gasteiger partial charge in [-0.15, -0.1) is 10.2 Å². The fourth-order valence-corrected chi connectivity index (χ4v) is 0.742. The van der Waals surface area contributed by atoms with E-state index in [2.05, 4.69) is 10.2 Å². The summed E-state index contributed by atoms with van der Waals surface area (Å²) in [5, 5.41) is 16.3. The van der Waals surface area contributed by atoms with Gasteiger partial charge in [-0.3, -0.25) is 4.79 Å². The summed E-state index contributed by atoms with van der Waals surface area (Å²) in [5.74, 6) is 0.943. The lowest BCUT2D eigenvalue weighted by Crippen LogP contribution is -2.07. The van der Waals surface area contributed by atoms with E-state index in [0.29, 0.717) is 12.1 Å². The maximum atomic E-state index is 10.1. The van der Waals surface area contributed by atoms with Crippen LogP contribution in [0.5, 0.6) is 0 Å². The van der Waals surface area contributed by atoms with Crippen molar-refractivity contribution in [1.82, 2.24) is 14.8 Å². The van der Waals surface area contributed by atoms with E-state index < -0.39 is 6.10 Å². The highest BCUT2D eigenvalue weighted by molar-refractivity contribution is 5.57. The van der Waals surface area contributed by atoms with E-state index in [-0.39, 0.29) is 5.82 Å². The third-order valence-corrected chi connectivity index (χ3v) is 1.52. The minimum atomic E-state index is -1.17. The van der Waals surface area contributed by atoms with Gasteiger partial charge in [-0.2, -0.15) is 0 Å². The van der Waals surface area contributed by atoms with Gasteiger partial charge in [0.05, 0.1) is 0 Å². The first kappa shape index (κ1) is 7.87. The lowest BCUT2D eigenvalue weighted by molar-refractivity contribution is -0.115. The molecule has 60 valence electrons. The van der Waals surface area contributed by atoms with Gasteiger partial charge in [0.15, 0.2) is 18.2 Å². The van der Waals surface area contributed by atoms with Crippen LogP contribution in [-0.2, 0) is 11.8 Å². The maximum Gasteiger partial charge on any atom is 0.169 e. The molecule has 0 aliphatic heterocycles. The van der Waals surface area contributed by atoms with Crippen LogP contribution >= 0.6 is 0 Å². The van der Waals surface area contributed by atoms with Gasteiger partial charge < -0.3 is 9.67 Å². The molecule has 11 heavy (non-hydrogen) atoms. The largest absolute Gasteiger partial charge is 0.378 e. The Kier molecular flexibility index (Phi) is 2.00. The summed E-state index contributed by atoms with van der Waals surface area (Å²) in [5.41, 5.74) is 0. The lowest BCUT2D eigenvalue weighted by Gasteiger charge is -2.01. The molecular formula is C6H9N3O2. The monoisotopic (exact) mass is 155 g/mol. The Morgan fingerprint density at radius 1 is 1.64 bits per heavy atom. The molecule has 5 nitrogen and oxygen atoms in total. The average molecular weight is 155 g/mol. The van der Waals surface area contributed by atoms with Crippen molar-refractivity contribution in [2.45, 2.75) is 13.0 Å². The maximum absolute atomic E-state index is 10.1. The number of aldehydes is 1. The third-order valence-electron chi connectivity index (χ3n) is 1.52. The number of aliphatic hydroxyl groups excluding tert-OH is 1. The second-order valence-electron chi connectivity index (χ2n) is 2.25. The lowest BCUT2D eigenvalue weighted by atomic mass is 10.4. The SMILES string of the molecule is Cc1nnc(C(O)C=O)n1C. The molecule has 0 aliphatic rings. The molecule has 1 rings (SSSR count). The van der Waals surface area contributed by atoms with Crippen molar-refractivity contribution in [2.24, 2.45) is 7.05 Å². The fourth-order valence-electron chi connectivity index (χ4n) is 0.742. The number of carbonyl (C=O) groups excluding carboxylic acids is 1. The number of hydrogen-bond acceptors (Lipinski definition) is 4. The van der Waals surface area contributed by atoms with Crippen LogP contribution in [0.15, 0.2) is 0 Å². The molecule has 1 atom stereocenters. The van der Waals surface area contributed by atoms with E-state index in [4.69, 9.17) is 5.11 Å². The summed E-state index contributed by atoms with van der Waals surface area (Å²) >= 11 is 0. The molecule has 0 aromatic carbocycles. The Morgan fingerprint density at radius 3 is 2.64 bits per heavy atom. The molecule has 0 amide bonds. The molecule has 1 aromatic rings. The Hall–Kier alpha value is -1.23. The zero-order valence-electron chi connectivity index (χ0n) is 6.35. The number of hydrogen-bond donors (Lipinski definition) is 1. The molecule has 0 saturated carbocycles. The molecule has 0 radical (unpaired) electrons. The van der Waals surface area contributed by atoms with Crippen molar-refractivity contribution in [1.29, 1.82) is 0 Å². The molecular weight excluding hydrogens is 146 g/mol. The number of aliphatic hydroxyl groups is 1. The number of rotatable bonds is 2. The molecule has 1 heterocycles. The predicted octanol–water partition coefficient (Wildman–Crippen LogP) is -0.644. The van der Waals surface area contributed by atoms with Gasteiger partial charge in [0.25, 0.3) is 0 Å². The minimum Gasteiger partial charge on any atom is -0.378 e. The molecule has 0 bridgehead atoms. The summed E-state index contributed by atoms with van der Waals surface area (Å²) in [6, 6.07) is 0. The second kappa shape index (κ2) is 2.79. The molecule has 1 unspecified atom stereocenters. The van der Waals surface area contributed by atoms with Gasteiger partial charge in [-0.25, -0.2) is 0 Å². The molecule has 0 saturated heterocycles. The molecule has 0 fully saturated rings. The highest BCUT2D eigenvalue weighted by atomic mass is 16.3. The molecule has 5 heteroatoms. The van der Waals surface area contributed by atoms with Gasteiger partial charge in [-0.05, 0) is 6.92 Å². The van der Waals surface area contributed by atoms with Gasteiger partial charge in [0.2, 0.25) is 0 Å². The number of carbonyl (C=O) groups is 1. The van der Waals surface area contributed by atoms with Crippen LogP contribution in [-0.4, -0.2) is 26.2 Å². The van der Waals surface area contributed by atoms with E-state index in [1.54, 1.807) is 18.5 Å². The fraction of sp³-hybridized carbons (Fsp3) is 0.500. The van der Waals surface area contributed by atoms with Crippen LogP contribution in [0.3, 0.4) is 0 Å². The van der Waals surface area contributed by atoms with E-state index in [1.807, 2.05) is 0 Å². The number of aryl methyl sites for hydroxylation is 1. The van der Waals surface area contributed by atoms with Crippen LogP contribution in [0.2, 0.25) is 0 Å². The zero-order chi connectivity index (χ0) is 8.43. The standard InChI is InChI=1S/C6H9N3O2/c1-4-7-8-6(9(4)2)5(11)3-10/h3,5,11H,1-2H3. The summed E-state index contributed by atoms with van der Waals surface area (Å²) < 4.78 is 1.57. The third kappa shape index (κ3) is 1.27. The van der Waals surface area contributed by atoms with Crippen molar-refractivity contribution in [2.75, 3.05) is 0 Å². The van der Waals surface area contributed by atoms with Crippen molar-refractivity contribution in [3.8, 4) is 0 Å². The Bertz CT molecular complexity index is 269. The van der Waals surface area contributed by atoms with E-state index in [9.17, 15) is 4.79 Å². The first-order chi connectivity index (χ1) is 5.16. The van der Waals surface area contributed by atoms with E-state index >= 15 is 0 Å². The van der Waals surface area contributed by atoms with Gasteiger partial charge in [-0.1, -0.05) is 0 Å². The van der Waals surface area contributed by atoms with Crippen LogP contribution < -0.4 is 0 Å². The molecule has 1 aromatic heterocycles.